The number of carbonyl (C=O) groups excluding carboxylic acids is 2. The number of anilines is 1. The summed E-state index contributed by atoms with van der Waals surface area (Å²) in [6.07, 6.45) is 0.792. The number of benzene rings is 1. The van der Waals surface area contributed by atoms with Gasteiger partial charge in [0.1, 0.15) is 0 Å². The van der Waals surface area contributed by atoms with Gasteiger partial charge in [0.15, 0.2) is 0 Å². The van der Waals surface area contributed by atoms with E-state index in [4.69, 9.17) is 0 Å². The van der Waals surface area contributed by atoms with Gasteiger partial charge in [-0.15, -0.1) is 0 Å². The van der Waals surface area contributed by atoms with Gasteiger partial charge in [0.05, 0.1) is 6.10 Å². The number of carbonyl (C=O) groups is 2. The lowest BCUT2D eigenvalue weighted by Gasteiger charge is -2.11. The van der Waals surface area contributed by atoms with E-state index in [1.165, 1.54) is 0 Å². The molecule has 2 amide bonds. The molecule has 110 valence electrons. The van der Waals surface area contributed by atoms with Crippen LogP contribution in [0.1, 0.15) is 25.3 Å². The van der Waals surface area contributed by atoms with Gasteiger partial charge in [-0.05, 0) is 37.1 Å². The average molecular weight is 343 g/mol. The minimum atomic E-state index is -0.748. The predicted octanol–water partition coefficient (Wildman–Crippen LogP) is 1.97. The van der Waals surface area contributed by atoms with Crippen LogP contribution >= 0.6 is 15.9 Å². The summed E-state index contributed by atoms with van der Waals surface area (Å²) in [4.78, 5) is 23.3. The molecule has 1 unspecified atom stereocenters. The van der Waals surface area contributed by atoms with Gasteiger partial charge in [0, 0.05) is 16.7 Å². The van der Waals surface area contributed by atoms with Crippen LogP contribution in [0.2, 0.25) is 0 Å². The molecule has 1 aromatic rings. The van der Waals surface area contributed by atoms with Crippen LogP contribution in [0.4, 0.5) is 5.69 Å². The zero-order chi connectivity index (χ0) is 15.1. The van der Waals surface area contributed by atoms with Crippen molar-refractivity contribution in [3.63, 3.8) is 0 Å². The molecule has 0 spiro atoms. The van der Waals surface area contributed by atoms with Crippen molar-refractivity contribution in [2.24, 2.45) is 0 Å². The maximum atomic E-state index is 11.7. The number of rotatable bonds is 5. The second-order valence-corrected chi connectivity index (χ2v) is 5.48. The van der Waals surface area contributed by atoms with E-state index in [1.807, 2.05) is 19.9 Å². The number of hydrogen-bond donors (Lipinski definition) is 3. The quantitative estimate of drug-likeness (QED) is 0.716. The molecule has 1 aromatic carbocycles. The van der Waals surface area contributed by atoms with Crippen molar-refractivity contribution in [2.45, 2.75) is 32.8 Å². The smallest absolute Gasteiger partial charge is 0.313 e. The van der Waals surface area contributed by atoms with Gasteiger partial charge in [0.25, 0.3) is 0 Å². The molecule has 0 aliphatic heterocycles. The highest BCUT2D eigenvalue weighted by Gasteiger charge is 2.15. The van der Waals surface area contributed by atoms with Gasteiger partial charge in [-0.25, -0.2) is 0 Å². The third-order valence-corrected chi connectivity index (χ3v) is 3.26. The van der Waals surface area contributed by atoms with E-state index in [9.17, 15) is 14.7 Å². The van der Waals surface area contributed by atoms with Gasteiger partial charge in [-0.2, -0.15) is 0 Å². The van der Waals surface area contributed by atoms with Crippen molar-refractivity contribution in [3.05, 3.63) is 28.2 Å². The Morgan fingerprint density at radius 3 is 2.65 bits per heavy atom. The summed E-state index contributed by atoms with van der Waals surface area (Å²) in [7, 11) is 0. The first-order valence-corrected chi connectivity index (χ1v) is 7.26. The van der Waals surface area contributed by atoms with Crippen LogP contribution in [-0.4, -0.2) is 29.6 Å². The number of hydrogen-bond acceptors (Lipinski definition) is 3. The van der Waals surface area contributed by atoms with E-state index < -0.39 is 17.9 Å². The Kier molecular flexibility index (Phi) is 6.67. The molecule has 0 saturated heterocycles. The van der Waals surface area contributed by atoms with Crippen LogP contribution in [0.15, 0.2) is 22.7 Å². The monoisotopic (exact) mass is 342 g/mol. The summed E-state index contributed by atoms with van der Waals surface area (Å²) < 4.78 is 0.903. The molecular weight excluding hydrogens is 324 g/mol. The van der Waals surface area contributed by atoms with E-state index in [-0.39, 0.29) is 6.54 Å². The second kappa shape index (κ2) is 8.01. The molecule has 1 atom stereocenters. The highest BCUT2D eigenvalue weighted by molar-refractivity contribution is 9.10. The molecule has 0 aliphatic carbocycles. The normalized spacial score (nSPS) is 11.8. The number of aliphatic hydroxyl groups is 1. The first-order chi connectivity index (χ1) is 9.43. The molecule has 3 N–H and O–H groups in total. The van der Waals surface area contributed by atoms with Crippen LogP contribution in [0.25, 0.3) is 0 Å². The summed E-state index contributed by atoms with van der Waals surface area (Å²) >= 11 is 3.33. The van der Waals surface area contributed by atoms with Crippen molar-refractivity contribution >= 4 is 33.4 Å². The fourth-order valence-corrected chi connectivity index (χ4v) is 2.15. The average Bonchev–Trinajstić information content (AvgIpc) is 2.39. The number of halogens is 1. The summed E-state index contributed by atoms with van der Waals surface area (Å²) in [5.74, 6) is -1.48. The van der Waals surface area contributed by atoms with Crippen molar-refractivity contribution < 1.29 is 14.7 Å². The molecule has 6 heteroatoms. The van der Waals surface area contributed by atoms with E-state index >= 15 is 0 Å². The van der Waals surface area contributed by atoms with Crippen LogP contribution in [0.3, 0.4) is 0 Å². The molecular formula is C14H19BrN2O3. The molecule has 0 radical (unpaired) electrons. The second-order valence-electron chi connectivity index (χ2n) is 4.57. The van der Waals surface area contributed by atoms with Crippen molar-refractivity contribution in [3.8, 4) is 0 Å². The molecule has 0 bridgehead atoms. The Morgan fingerprint density at radius 1 is 1.35 bits per heavy atom. The number of aryl methyl sites for hydroxylation is 1. The maximum Gasteiger partial charge on any atom is 0.313 e. The number of nitrogens with one attached hydrogen (secondary N) is 2. The summed E-state index contributed by atoms with van der Waals surface area (Å²) in [6, 6.07) is 5.35. The maximum absolute atomic E-state index is 11.7. The first-order valence-electron chi connectivity index (χ1n) is 6.47. The number of amides is 2. The highest BCUT2D eigenvalue weighted by atomic mass is 79.9. The van der Waals surface area contributed by atoms with Gasteiger partial charge in [-0.1, -0.05) is 29.3 Å². The van der Waals surface area contributed by atoms with Crippen molar-refractivity contribution in [2.75, 3.05) is 11.9 Å². The van der Waals surface area contributed by atoms with Crippen LogP contribution in [0.5, 0.6) is 0 Å². The fourth-order valence-electron chi connectivity index (χ4n) is 1.67. The van der Waals surface area contributed by atoms with E-state index in [0.29, 0.717) is 12.1 Å². The lowest BCUT2D eigenvalue weighted by molar-refractivity contribution is -0.136. The third kappa shape index (κ3) is 5.30. The minimum Gasteiger partial charge on any atom is -0.391 e. The largest absolute Gasteiger partial charge is 0.391 e. The fraction of sp³-hybridized carbons (Fsp3) is 0.429. The van der Waals surface area contributed by atoms with Crippen molar-refractivity contribution in [1.82, 2.24) is 5.32 Å². The lowest BCUT2D eigenvalue weighted by Crippen LogP contribution is -2.39. The van der Waals surface area contributed by atoms with Crippen LogP contribution in [0, 0.1) is 6.92 Å². The topological polar surface area (TPSA) is 78.4 Å². The molecule has 0 heterocycles. The van der Waals surface area contributed by atoms with Crippen LogP contribution < -0.4 is 10.6 Å². The summed E-state index contributed by atoms with van der Waals surface area (Å²) in [5, 5.41) is 14.4. The molecule has 0 saturated carbocycles. The molecule has 0 aliphatic rings. The summed E-state index contributed by atoms with van der Waals surface area (Å²) in [6.45, 7) is 3.86. The van der Waals surface area contributed by atoms with Crippen LogP contribution in [-0.2, 0) is 9.59 Å². The zero-order valence-corrected chi connectivity index (χ0v) is 13.2. The van der Waals surface area contributed by atoms with Crippen molar-refractivity contribution in [1.29, 1.82) is 0 Å². The Labute approximate surface area is 126 Å². The molecule has 20 heavy (non-hydrogen) atoms. The Morgan fingerprint density at radius 2 is 2.05 bits per heavy atom. The Bertz CT molecular complexity index is 491. The number of aliphatic hydroxyl groups excluding tert-OH is 1. The SMILES string of the molecule is CCCC(O)CNC(=O)C(=O)Nc1ccc(Br)cc1C. The Hall–Kier alpha value is -1.40. The third-order valence-electron chi connectivity index (χ3n) is 2.76. The van der Waals surface area contributed by atoms with Gasteiger partial charge in [0.2, 0.25) is 0 Å². The van der Waals surface area contributed by atoms with E-state index in [1.54, 1.807) is 12.1 Å². The lowest BCUT2D eigenvalue weighted by atomic mass is 10.2. The minimum absolute atomic E-state index is 0.0828. The van der Waals surface area contributed by atoms with Gasteiger partial charge in [-0.3, -0.25) is 9.59 Å². The zero-order valence-electron chi connectivity index (χ0n) is 11.6. The van der Waals surface area contributed by atoms with E-state index in [2.05, 4.69) is 26.6 Å². The molecule has 0 fully saturated rings. The molecule has 5 nitrogen and oxygen atoms in total. The standard InChI is InChI=1S/C14H19BrN2O3/c1-3-4-11(18)8-16-13(19)14(20)17-12-6-5-10(15)7-9(12)2/h5-7,11,18H,3-4,8H2,1-2H3,(H,16,19)(H,17,20). The molecule has 1 rings (SSSR count). The van der Waals surface area contributed by atoms with Gasteiger partial charge >= 0.3 is 11.8 Å². The molecule has 0 aromatic heterocycles. The summed E-state index contributed by atoms with van der Waals surface area (Å²) in [5.41, 5.74) is 1.44. The first kappa shape index (κ1) is 16.7. The Balaban J connectivity index is 2.51. The predicted molar refractivity (Wildman–Crippen MR) is 81.4 cm³/mol. The van der Waals surface area contributed by atoms with E-state index in [0.717, 1.165) is 16.5 Å². The highest BCUT2D eigenvalue weighted by Crippen LogP contribution is 2.19. The van der Waals surface area contributed by atoms with Gasteiger partial charge < -0.3 is 15.7 Å².